The predicted octanol–water partition coefficient (Wildman–Crippen LogP) is 0.375. The van der Waals surface area contributed by atoms with E-state index in [1.165, 1.54) is 0 Å². The van der Waals surface area contributed by atoms with Gasteiger partial charge in [0.15, 0.2) is 0 Å². The normalized spacial score (nSPS) is 13.6. The van der Waals surface area contributed by atoms with E-state index in [4.69, 9.17) is 10.8 Å². The van der Waals surface area contributed by atoms with E-state index in [9.17, 15) is 13.6 Å². The molecule has 0 aliphatic heterocycles. The Labute approximate surface area is 81.7 Å². The van der Waals surface area contributed by atoms with Gasteiger partial charge in [0.1, 0.15) is 6.04 Å². The molecule has 84 valence electrons. The van der Waals surface area contributed by atoms with Gasteiger partial charge in [0.05, 0.1) is 0 Å². The Kier molecular flexibility index (Phi) is 6.31. The molecule has 0 saturated heterocycles. The second-order valence-corrected chi connectivity index (χ2v) is 3.22. The summed E-state index contributed by atoms with van der Waals surface area (Å²) in [5.74, 6) is -1.06. The van der Waals surface area contributed by atoms with Crippen LogP contribution in [0.3, 0.4) is 0 Å². The third-order valence-electron chi connectivity index (χ3n) is 1.87. The van der Waals surface area contributed by atoms with Crippen LogP contribution in [0.5, 0.6) is 0 Å². The highest BCUT2D eigenvalue weighted by Crippen LogP contribution is 2.01. The summed E-state index contributed by atoms with van der Waals surface area (Å²) in [6.07, 6.45) is -2.24. The molecule has 0 spiro atoms. The summed E-state index contributed by atoms with van der Waals surface area (Å²) < 4.78 is 23.6. The maximum absolute atomic E-state index is 11.8. The molecule has 0 fully saturated rings. The predicted molar refractivity (Wildman–Crippen MR) is 48.3 cm³/mol. The van der Waals surface area contributed by atoms with E-state index < -0.39 is 18.4 Å². The van der Waals surface area contributed by atoms with Crippen molar-refractivity contribution in [2.75, 3.05) is 20.1 Å². The zero-order valence-corrected chi connectivity index (χ0v) is 8.12. The zero-order valence-electron chi connectivity index (χ0n) is 8.12. The third kappa shape index (κ3) is 6.73. The maximum Gasteiger partial charge on any atom is 0.320 e. The molecule has 0 aromatic rings. The number of nitrogens with two attached hydrogens (primary N) is 1. The van der Waals surface area contributed by atoms with Crippen LogP contribution in [-0.4, -0.2) is 48.6 Å². The Morgan fingerprint density at radius 2 is 1.93 bits per heavy atom. The van der Waals surface area contributed by atoms with Crippen LogP contribution in [0.2, 0.25) is 0 Å². The highest BCUT2D eigenvalue weighted by atomic mass is 19.3. The first-order chi connectivity index (χ1) is 6.43. The van der Waals surface area contributed by atoms with Crippen LogP contribution in [0.15, 0.2) is 0 Å². The van der Waals surface area contributed by atoms with Gasteiger partial charge in [-0.15, -0.1) is 0 Å². The number of rotatable bonds is 7. The maximum atomic E-state index is 11.8. The minimum Gasteiger partial charge on any atom is -0.480 e. The molecule has 14 heavy (non-hydrogen) atoms. The largest absolute Gasteiger partial charge is 0.480 e. The van der Waals surface area contributed by atoms with Crippen molar-refractivity contribution in [3.63, 3.8) is 0 Å². The van der Waals surface area contributed by atoms with Gasteiger partial charge < -0.3 is 15.7 Å². The summed E-state index contributed by atoms with van der Waals surface area (Å²) in [6.45, 7) is 0.671. The van der Waals surface area contributed by atoms with Crippen LogP contribution in [0.4, 0.5) is 8.78 Å². The van der Waals surface area contributed by atoms with Crippen molar-refractivity contribution < 1.29 is 18.7 Å². The van der Waals surface area contributed by atoms with E-state index in [0.29, 0.717) is 6.54 Å². The van der Waals surface area contributed by atoms with Gasteiger partial charge >= 0.3 is 5.97 Å². The van der Waals surface area contributed by atoms with E-state index >= 15 is 0 Å². The first kappa shape index (κ1) is 13.2. The number of carbonyl (C=O) groups is 1. The Bertz CT molecular complexity index is 179. The smallest absolute Gasteiger partial charge is 0.320 e. The average molecular weight is 210 g/mol. The fourth-order valence-electron chi connectivity index (χ4n) is 0.913. The molecule has 0 unspecified atom stereocenters. The first-order valence-electron chi connectivity index (χ1n) is 4.38. The SMILES string of the molecule is CN(CCC(F)F)CC[C@H](N)C(=O)O. The number of aliphatic carboxylic acids is 1. The van der Waals surface area contributed by atoms with Crippen LogP contribution in [0, 0.1) is 0 Å². The van der Waals surface area contributed by atoms with Gasteiger partial charge in [0.2, 0.25) is 6.43 Å². The van der Waals surface area contributed by atoms with Crippen LogP contribution >= 0.6 is 0 Å². The van der Waals surface area contributed by atoms with E-state index in [-0.39, 0.29) is 19.4 Å². The second-order valence-electron chi connectivity index (χ2n) is 3.22. The molecule has 0 aromatic carbocycles. The Morgan fingerprint density at radius 3 is 2.36 bits per heavy atom. The molecule has 3 N–H and O–H groups in total. The number of carboxylic acids is 1. The fraction of sp³-hybridized carbons (Fsp3) is 0.875. The standard InChI is InChI=1S/C8H16F2N2O2/c1-12(5-3-7(9)10)4-2-6(11)8(13)14/h6-7H,2-5,11H2,1H3,(H,13,14)/t6-/m0/s1. The van der Waals surface area contributed by atoms with E-state index in [0.717, 1.165) is 0 Å². The van der Waals surface area contributed by atoms with Crippen molar-refractivity contribution in [3.05, 3.63) is 0 Å². The molecular weight excluding hydrogens is 194 g/mol. The van der Waals surface area contributed by atoms with E-state index in [1.54, 1.807) is 11.9 Å². The average Bonchev–Trinajstić information content (AvgIpc) is 2.10. The summed E-state index contributed by atoms with van der Waals surface area (Å²) in [5.41, 5.74) is 5.25. The molecule has 1 atom stereocenters. The first-order valence-corrected chi connectivity index (χ1v) is 4.38. The summed E-state index contributed by atoms with van der Waals surface area (Å²) >= 11 is 0. The van der Waals surface area contributed by atoms with Crippen LogP contribution in [0.1, 0.15) is 12.8 Å². The number of hydrogen-bond donors (Lipinski definition) is 2. The number of carboxylic acid groups (broad SMARTS) is 1. The molecule has 6 heteroatoms. The zero-order chi connectivity index (χ0) is 11.1. The van der Waals surface area contributed by atoms with Crippen molar-refractivity contribution in [2.24, 2.45) is 5.73 Å². The molecular formula is C8H16F2N2O2. The fourth-order valence-corrected chi connectivity index (χ4v) is 0.913. The van der Waals surface area contributed by atoms with Crippen molar-refractivity contribution in [1.82, 2.24) is 4.90 Å². The summed E-state index contributed by atoms with van der Waals surface area (Å²) in [6, 6.07) is -0.913. The molecule has 0 heterocycles. The lowest BCUT2D eigenvalue weighted by atomic mass is 10.2. The third-order valence-corrected chi connectivity index (χ3v) is 1.87. The molecule has 0 amide bonds. The van der Waals surface area contributed by atoms with Gasteiger partial charge in [0.25, 0.3) is 0 Å². The van der Waals surface area contributed by atoms with Crippen molar-refractivity contribution in [3.8, 4) is 0 Å². The lowest BCUT2D eigenvalue weighted by Crippen LogP contribution is -2.34. The van der Waals surface area contributed by atoms with Crippen LogP contribution in [0.25, 0.3) is 0 Å². The minimum atomic E-state index is -2.31. The number of hydrogen-bond acceptors (Lipinski definition) is 3. The Balaban J connectivity index is 3.53. The monoisotopic (exact) mass is 210 g/mol. The molecule has 0 bridgehead atoms. The van der Waals surface area contributed by atoms with Gasteiger partial charge in [-0.1, -0.05) is 0 Å². The highest BCUT2D eigenvalue weighted by Gasteiger charge is 2.12. The van der Waals surface area contributed by atoms with Gasteiger partial charge in [-0.05, 0) is 20.0 Å². The molecule has 4 nitrogen and oxygen atoms in total. The number of alkyl halides is 2. The molecule has 0 aliphatic rings. The van der Waals surface area contributed by atoms with Gasteiger partial charge in [-0.2, -0.15) is 0 Å². The minimum absolute atomic E-state index is 0.196. The van der Waals surface area contributed by atoms with E-state index in [1.807, 2.05) is 0 Å². The number of halogens is 2. The number of nitrogens with zero attached hydrogens (tertiary/aromatic N) is 1. The molecule has 0 aromatic heterocycles. The van der Waals surface area contributed by atoms with E-state index in [2.05, 4.69) is 0 Å². The van der Waals surface area contributed by atoms with Crippen molar-refractivity contribution in [1.29, 1.82) is 0 Å². The topological polar surface area (TPSA) is 66.6 Å². The van der Waals surface area contributed by atoms with Crippen LogP contribution < -0.4 is 5.73 Å². The highest BCUT2D eigenvalue weighted by molar-refractivity contribution is 5.72. The lowest BCUT2D eigenvalue weighted by Gasteiger charge is -2.17. The molecule has 0 radical (unpaired) electrons. The Hall–Kier alpha value is -0.750. The van der Waals surface area contributed by atoms with Gasteiger partial charge in [-0.25, -0.2) is 8.78 Å². The molecule has 0 aliphatic carbocycles. The molecule has 0 rings (SSSR count). The summed E-state index contributed by atoms with van der Waals surface area (Å²) in [7, 11) is 1.66. The van der Waals surface area contributed by atoms with Crippen LogP contribution in [-0.2, 0) is 4.79 Å². The summed E-state index contributed by atoms with van der Waals surface area (Å²) in [4.78, 5) is 12.0. The van der Waals surface area contributed by atoms with Gasteiger partial charge in [-0.3, -0.25) is 4.79 Å². The lowest BCUT2D eigenvalue weighted by molar-refractivity contribution is -0.138. The quantitative estimate of drug-likeness (QED) is 0.637. The van der Waals surface area contributed by atoms with Crippen molar-refractivity contribution in [2.45, 2.75) is 25.3 Å². The van der Waals surface area contributed by atoms with Gasteiger partial charge in [0, 0.05) is 13.0 Å². The second kappa shape index (κ2) is 6.67. The van der Waals surface area contributed by atoms with Crippen molar-refractivity contribution >= 4 is 5.97 Å². The summed E-state index contributed by atoms with van der Waals surface area (Å²) in [5, 5.41) is 8.45. The Morgan fingerprint density at radius 1 is 1.43 bits per heavy atom. The molecule has 0 saturated carbocycles.